The van der Waals surface area contributed by atoms with Crippen molar-refractivity contribution in [3.8, 4) is 0 Å². The van der Waals surface area contributed by atoms with Crippen molar-refractivity contribution in [2.45, 2.75) is 6.92 Å². The van der Waals surface area contributed by atoms with Gasteiger partial charge in [-0.1, -0.05) is 0 Å². The predicted octanol–water partition coefficient (Wildman–Crippen LogP) is -2.04. The first-order valence-electron chi connectivity index (χ1n) is 9.31. The van der Waals surface area contributed by atoms with Crippen LogP contribution in [0, 0.1) is 0 Å². The van der Waals surface area contributed by atoms with Crippen LogP contribution in [0.15, 0.2) is 0 Å². The number of ether oxygens (including phenoxy) is 6. The summed E-state index contributed by atoms with van der Waals surface area (Å²) in [6.07, 6.45) is 0. The zero-order valence-corrected chi connectivity index (χ0v) is 18.4. The van der Waals surface area contributed by atoms with Crippen molar-refractivity contribution in [2.75, 3.05) is 86.4 Å². The Labute approximate surface area is 185 Å². The van der Waals surface area contributed by atoms with E-state index < -0.39 is 31.1 Å². The summed E-state index contributed by atoms with van der Waals surface area (Å²) in [6, 6.07) is 0. The lowest BCUT2D eigenvalue weighted by Crippen LogP contribution is -2.17. The molecule has 0 saturated carbocycles. The van der Waals surface area contributed by atoms with Gasteiger partial charge in [-0.3, -0.25) is 4.79 Å². The van der Waals surface area contributed by atoms with Crippen molar-refractivity contribution in [1.29, 1.82) is 0 Å². The quantitative estimate of drug-likeness (QED) is 0.125. The molecule has 32 heavy (non-hydrogen) atoms. The van der Waals surface area contributed by atoms with Crippen LogP contribution in [0.5, 0.6) is 0 Å². The molecule has 190 valence electrons. The van der Waals surface area contributed by atoms with Gasteiger partial charge >= 0.3 is 17.9 Å². The Morgan fingerprint density at radius 1 is 0.625 bits per heavy atom. The maximum atomic E-state index is 11.0. The standard InChI is InChI=1S/C10H18O6.C6H10O6.C2H6O2/c1-9(11)7-14-4-5-15-8-10(12)16-6-3-13-2;7-5(8)3-11-1-2-12-4-6(9)10;3-1-2-4/h3-8H2,1-2H3;1-4H2,(H,7,8)(H,9,10);3-4H,1-2H2. The van der Waals surface area contributed by atoms with Gasteiger partial charge < -0.3 is 48.8 Å². The van der Waals surface area contributed by atoms with E-state index in [4.69, 9.17) is 39.4 Å². The Morgan fingerprint density at radius 2 is 1.03 bits per heavy atom. The molecule has 0 aromatic heterocycles. The first kappa shape index (κ1) is 34.4. The molecule has 14 nitrogen and oxygen atoms in total. The average molecular weight is 474 g/mol. The molecule has 0 spiro atoms. The SMILES string of the molecule is COCCOC(=O)COCCOCC(C)=O.O=C(O)COCCOCC(=O)O.OCCO. The number of hydrogen-bond acceptors (Lipinski definition) is 12. The lowest BCUT2D eigenvalue weighted by atomic mass is 10.5. The zero-order chi connectivity index (χ0) is 25.0. The van der Waals surface area contributed by atoms with Crippen LogP contribution >= 0.6 is 0 Å². The number of hydrogen-bond donors (Lipinski definition) is 4. The Morgan fingerprint density at radius 3 is 1.38 bits per heavy atom. The fraction of sp³-hybridized carbons (Fsp3) is 0.778. The van der Waals surface area contributed by atoms with Gasteiger partial charge in [0, 0.05) is 7.11 Å². The van der Waals surface area contributed by atoms with Crippen LogP contribution in [-0.2, 0) is 47.6 Å². The average Bonchev–Trinajstić information content (AvgIpc) is 2.73. The van der Waals surface area contributed by atoms with Gasteiger partial charge in [0.05, 0.1) is 46.2 Å². The summed E-state index contributed by atoms with van der Waals surface area (Å²) in [6.45, 7) is 1.65. The second kappa shape index (κ2) is 28.8. The lowest BCUT2D eigenvalue weighted by Gasteiger charge is -2.05. The molecular formula is C18H34O14. The minimum Gasteiger partial charge on any atom is -0.480 e. The Kier molecular flexibility index (Phi) is 31.0. The minimum atomic E-state index is -1.06. The van der Waals surface area contributed by atoms with E-state index in [9.17, 15) is 19.2 Å². The van der Waals surface area contributed by atoms with Crippen molar-refractivity contribution in [2.24, 2.45) is 0 Å². The summed E-state index contributed by atoms with van der Waals surface area (Å²) < 4.78 is 28.4. The third-order valence-electron chi connectivity index (χ3n) is 2.37. The first-order chi connectivity index (χ1) is 15.2. The smallest absolute Gasteiger partial charge is 0.332 e. The van der Waals surface area contributed by atoms with Gasteiger partial charge in [-0.05, 0) is 6.92 Å². The fourth-order valence-corrected chi connectivity index (χ4v) is 1.21. The van der Waals surface area contributed by atoms with E-state index in [-0.39, 0.29) is 65.2 Å². The zero-order valence-electron chi connectivity index (χ0n) is 18.4. The molecule has 0 aromatic carbocycles. The van der Waals surface area contributed by atoms with Crippen molar-refractivity contribution in [1.82, 2.24) is 0 Å². The third-order valence-corrected chi connectivity index (χ3v) is 2.37. The largest absolute Gasteiger partial charge is 0.480 e. The molecule has 0 saturated heterocycles. The number of ketones is 1. The number of esters is 1. The van der Waals surface area contributed by atoms with Gasteiger partial charge in [-0.2, -0.15) is 0 Å². The third kappa shape index (κ3) is 42.0. The van der Waals surface area contributed by atoms with Crippen LogP contribution in [0.1, 0.15) is 6.92 Å². The highest BCUT2D eigenvalue weighted by Crippen LogP contribution is 1.84. The van der Waals surface area contributed by atoms with Gasteiger partial charge in [-0.25, -0.2) is 14.4 Å². The molecule has 0 radical (unpaired) electrons. The molecule has 0 fully saturated rings. The summed E-state index contributed by atoms with van der Waals surface area (Å²) in [5.41, 5.74) is 0. The van der Waals surface area contributed by atoms with Gasteiger partial charge in [0.25, 0.3) is 0 Å². The van der Waals surface area contributed by atoms with Crippen LogP contribution in [0.25, 0.3) is 0 Å². The number of carbonyl (C=O) groups excluding carboxylic acids is 2. The number of rotatable bonds is 18. The van der Waals surface area contributed by atoms with Crippen LogP contribution in [0.2, 0.25) is 0 Å². The van der Waals surface area contributed by atoms with E-state index in [1.165, 1.54) is 14.0 Å². The van der Waals surface area contributed by atoms with Crippen molar-refractivity contribution in [3.63, 3.8) is 0 Å². The topological polar surface area (TPSA) is 205 Å². The van der Waals surface area contributed by atoms with E-state index in [2.05, 4.69) is 9.47 Å². The van der Waals surface area contributed by atoms with E-state index in [0.29, 0.717) is 6.61 Å². The summed E-state index contributed by atoms with van der Waals surface area (Å²) >= 11 is 0. The molecule has 4 N–H and O–H groups in total. The highest BCUT2D eigenvalue weighted by molar-refractivity contribution is 5.76. The molecule has 0 bridgehead atoms. The molecule has 0 rings (SSSR count). The molecule has 0 amide bonds. The van der Waals surface area contributed by atoms with E-state index >= 15 is 0 Å². The second-order valence-electron chi connectivity index (χ2n) is 5.36. The molecule has 0 unspecified atom stereocenters. The van der Waals surface area contributed by atoms with E-state index in [1.54, 1.807) is 0 Å². The maximum absolute atomic E-state index is 11.0. The normalized spacial score (nSPS) is 9.62. The van der Waals surface area contributed by atoms with Crippen LogP contribution in [-0.4, -0.2) is 131 Å². The summed E-state index contributed by atoms with van der Waals surface area (Å²) in [7, 11) is 1.52. The van der Waals surface area contributed by atoms with Crippen LogP contribution < -0.4 is 0 Å². The predicted molar refractivity (Wildman–Crippen MR) is 106 cm³/mol. The van der Waals surface area contributed by atoms with Crippen molar-refractivity contribution in [3.05, 3.63) is 0 Å². The van der Waals surface area contributed by atoms with Crippen LogP contribution in [0.4, 0.5) is 0 Å². The number of methoxy groups -OCH3 is 1. The molecule has 0 aliphatic rings. The van der Waals surface area contributed by atoms with Crippen LogP contribution in [0.3, 0.4) is 0 Å². The summed E-state index contributed by atoms with van der Waals surface area (Å²) in [5.74, 6) is -2.61. The Bertz CT molecular complexity index is 449. The monoisotopic (exact) mass is 474 g/mol. The summed E-state index contributed by atoms with van der Waals surface area (Å²) in [5, 5.41) is 31.4. The number of carbonyl (C=O) groups is 4. The number of aliphatic carboxylic acids is 2. The molecule has 0 aromatic rings. The maximum Gasteiger partial charge on any atom is 0.332 e. The number of carboxylic acids is 2. The number of aliphatic hydroxyl groups is 2. The minimum absolute atomic E-state index is 0.0426. The second-order valence-corrected chi connectivity index (χ2v) is 5.36. The molecule has 0 aliphatic heterocycles. The lowest BCUT2D eigenvalue weighted by molar-refractivity contribution is -0.151. The molecular weight excluding hydrogens is 440 g/mol. The molecule has 0 heterocycles. The van der Waals surface area contributed by atoms with Crippen molar-refractivity contribution >= 4 is 23.7 Å². The fourth-order valence-electron chi connectivity index (χ4n) is 1.21. The number of aliphatic hydroxyl groups excluding tert-OH is 2. The van der Waals surface area contributed by atoms with Gasteiger partial charge in [-0.15, -0.1) is 0 Å². The highest BCUT2D eigenvalue weighted by atomic mass is 16.6. The number of carboxylic acid groups (broad SMARTS) is 2. The Hall–Kier alpha value is -2.20. The van der Waals surface area contributed by atoms with Gasteiger partial charge in [0.2, 0.25) is 0 Å². The van der Waals surface area contributed by atoms with Gasteiger partial charge in [0.1, 0.15) is 33.0 Å². The first-order valence-corrected chi connectivity index (χ1v) is 9.31. The highest BCUT2D eigenvalue weighted by Gasteiger charge is 2.02. The summed E-state index contributed by atoms with van der Waals surface area (Å²) in [4.78, 5) is 41.2. The Balaban J connectivity index is -0.000000462. The molecule has 14 heteroatoms. The van der Waals surface area contributed by atoms with E-state index in [0.717, 1.165) is 0 Å². The van der Waals surface area contributed by atoms with E-state index in [1.807, 2.05) is 0 Å². The number of Topliss-reactive ketones (excluding diaryl/α,β-unsaturated/α-hetero) is 1. The molecule has 0 atom stereocenters. The van der Waals surface area contributed by atoms with Gasteiger partial charge in [0.15, 0.2) is 5.78 Å². The van der Waals surface area contributed by atoms with Crippen molar-refractivity contribution < 1.29 is 68.0 Å². The molecule has 0 aliphatic carbocycles.